The molecule has 0 saturated carbocycles. The van der Waals surface area contributed by atoms with Crippen LogP contribution in [-0.4, -0.2) is 24.5 Å². The molecule has 1 unspecified atom stereocenters. The van der Waals surface area contributed by atoms with Crippen LogP contribution >= 0.6 is 11.6 Å². The maximum atomic E-state index is 12.8. The van der Waals surface area contributed by atoms with Gasteiger partial charge in [-0.05, 0) is 49.6 Å². The number of carbonyl (C=O) groups excluding carboxylic acids is 2. The van der Waals surface area contributed by atoms with E-state index in [-0.39, 0.29) is 17.7 Å². The highest BCUT2D eigenvalue weighted by molar-refractivity contribution is 6.31. The van der Waals surface area contributed by atoms with Gasteiger partial charge in [-0.15, -0.1) is 0 Å². The van der Waals surface area contributed by atoms with Crippen molar-refractivity contribution < 1.29 is 14.3 Å². The van der Waals surface area contributed by atoms with Gasteiger partial charge in [0.25, 0.3) is 5.91 Å². The third-order valence-corrected chi connectivity index (χ3v) is 4.60. The van der Waals surface area contributed by atoms with Crippen LogP contribution in [0.15, 0.2) is 42.5 Å². The lowest BCUT2D eigenvalue weighted by molar-refractivity contribution is -0.118. The number of rotatable bonds is 7. The van der Waals surface area contributed by atoms with Crippen molar-refractivity contribution in [2.24, 2.45) is 5.92 Å². The van der Waals surface area contributed by atoms with Crippen LogP contribution in [0.4, 0.5) is 5.69 Å². The fourth-order valence-electron chi connectivity index (χ4n) is 2.64. The van der Waals surface area contributed by atoms with Gasteiger partial charge in [0.2, 0.25) is 5.91 Å². The Morgan fingerprint density at radius 2 is 1.81 bits per heavy atom. The third-order valence-electron chi connectivity index (χ3n) is 4.19. The normalized spacial score (nSPS) is 11.8. The first kappa shape index (κ1) is 20.8. The van der Waals surface area contributed by atoms with Crippen molar-refractivity contribution in [2.75, 3.05) is 11.9 Å². The maximum absolute atomic E-state index is 12.8. The van der Waals surface area contributed by atoms with Gasteiger partial charge < -0.3 is 15.4 Å². The molecule has 2 aromatic rings. The highest BCUT2D eigenvalue weighted by atomic mass is 35.5. The molecule has 0 radical (unpaired) electrons. The number of hydrogen-bond donors (Lipinski definition) is 2. The molecule has 0 aliphatic heterocycles. The average molecular weight is 389 g/mol. The van der Waals surface area contributed by atoms with E-state index in [1.807, 2.05) is 27.7 Å². The molecule has 144 valence electrons. The van der Waals surface area contributed by atoms with Crippen LogP contribution in [0, 0.1) is 12.8 Å². The lowest BCUT2D eigenvalue weighted by Gasteiger charge is -2.23. The van der Waals surface area contributed by atoms with Gasteiger partial charge in [-0.3, -0.25) is 9.59 Å². The molecular weight excluding hydrogens is 364 g/mol. The Kier molecular flexibility index (Phi) is 7.25. The minimum absolute atomic E-state index is 0.104. The quantitative estimate of drug-likeness (QED) is 0.736. The maximum Gasteiger partial charge on any atom is 0.255 e. The van der Waals surface area contributed by atoms with E-state index in [1.165, 1.54) is 0 Å². The third kappa shape index (κ3) is 5.23. The molecular formula is C21H25ClN2O3. The Labute approximate surface area is 165 Å². The first-order valence-electron chi connectivity index (χ1n) is 8.93. The summed E-state index contributed by atoms with van der Waals surface area (Å²) in [5.41, 5.74) is 1.81. The summed E-state index contributed by atoms with van der Waals surface area (Å²) in [6.07, 6.45) is 0. The number of carbonyl (C=O) groups is 2. The summed E-state index contributed by atoms with van der Waals surface area (Å²) in [7, 11) is 0. The molecule has 1 atom stereocenters. The van der Waals surface area contributed by atoms with Crippen molar-refractivity contribution in [3.63, 3.8) is 0 Å². The highest BCUT2D eigenvalue weighted by Crippen LogP contribution is 2.24. The van der Waals surface area contributed by atoms with Gasteiger partial charge in [-0.2, -0.15) is 0 Å². The standard InChI is InChI=1S/C21H25ClN2O3/c1-5-27-18-12-7-6-9-15(18)20(25)24-19(13(2)3)21(26)23-17-11-8-10-16(22)14(17)4/h6-13,19H,5H2,1-4H3,(H,23,26)(H,24,25). The van der Waals surface area contributed by atoms with Gasteiger partial charge in [0.1, 0.15) is 11.8 Å². The van der Waals surface area contributed by atoms with E-state index in [9.17, 15) is 9.59 Å². The van der Waals surface area contributed by atoms with Gasteiger partial charge in [0.15, 0.2) is 0 Å². The number of amides is 2. The zero-order valence-corrected chi connectivity index (χ0v) is 16.8. The fraction of sp³-hybridized carbons (Fsp3) is 0.333. The van der Waals surface area contributed by atoms with Crippen molar-refractivity contribution in [1.29, 1.82) is 0 Å². The number of benzene rings is 2. The molecule has 0 aliphatic rings. The molecule has 2 N–H and O–H groups in total. The molecule has 0 spiro atoms. The Hall–Kier alpha value is -2.53. The molecule has 0 fully saturated rings. The van der Waals surface area contributed by atoms with E-state index < -0.39 is 6.04 Å². The van der Waals surface area contributed by atoms with Gasteiger partial charge in [0, 0.05) is 10.7 Å². The minimum Gasteiger partial charge on any atom is -0.493 e. The predicted octanol–water partition coefficient (Wildman–Crippen LogP) is 4.44. The van der Waals surface area contributed by atoms with Crippen LogP contribution < -0.4 is 15.4 Å². The number of hydrogen-bond acceptors (Lipinski definition) is 3. The van der Waals surface area contributed by atoms with E-state index in [1.54, 1.807) is 42.5 Å². The van der Waals surface area contributed by atoms with Gasteiger partial charge in [-0.25, -0.2) is 0 Å². The fourth-order valence-corrected chi connectivity index (χ4v) is 2.82. The van der Waals surface area contributed by atoms with E-state index in [0.29, 0.717) is 28.6 Å². The van der Waals surface area contributed by atoms with Crippen molar-refractivity contribution in [3.05, 3.63) is 58.6 Å². The van der Waals surface area contributed by atoms with Gasteiger partial charge in [0.05, 0.1) is 12.2 Å². The second-order valence-corrected chi connectivity index (χ2v) is 6.93. The summed E-state index contributed by atoms with van der Waals surface area (Å²) in [5.74, 6) is -0.257. The minimum atomic E-state index is -0.703. The van der Waals surface area contributed by atoms with Crippen molar-refractivity contribution in [1.82, 2.24) is 5.32 Å². The van der Waals surface area contributed by atoms with Crippen LogP contribution in [-0.2, 0) is 4.79 Å². The molecule has 0 heterocycles. The van der Waals surface area contributed by atoms with Gasteiger partial charge in [-0.1, -0.05) is 43.6 Å². The lowest BCUT2D eigenvalue weighted by Crippen LogP contribution is -2.47. The second kappa shape index (κ2) is 9.42. The SMILES string of the molecule is CCOc1ccccc1C(=O)NC(C(=O)Nc1cccc(Cl)c1C)C(C)C. The first-order valence-corrected chi connectivity index (χ1v) is 9.31. The molecule has 0 aromatic heterocycles. The summed E-state index contributed by atoms with van der Waals surface area (Å²) >= 11 is 6.12. The Morgan fingerprint density at radius 3 is 2.48 bits per heavy atom. The summed E-state index contributed by atoms with van der Waals surface area (Å²) in [5, 5.41) is 6.25. The van der Waals surface area contributed by atoms with Crippen molar-refractivity contribution in [3.8, 4) is 5.75 Å². The monoisotopic (exact) mass is 388 g/mol. The van der Waals surface area contributed by atoms with E-state index in [0.717, 1.165) is 5.56 Å². The number of ether oxygens (including phenoxy) is 1. The molecule has 2 rings (SSSR count). The predicted molar refractivity (Wildman–Crippen MR) is 109 cm³/mol. The van der Waals surface area contributed by atoms with Crippen molar-refractivity contribution >= 4 is 29.1 Å². The first-order chi connectivity index (χ1) is 12.8. The molecule has 0 bridgehead atoms. The molecule has 27 heavy (non-hydrogen) atoms. The van der Waals surface area contributed by atoms with E-state index >= 15 is 0 Å². The smallest absolute Gasteiger partial charge is 0.255 e. The molecule has 2 aromatic carbocycles. The average Bonchev–Trinajstić information content (AvgIpc) is 2.63. The number of anilines is 1. The summed E-state index contributed by atoms with van der Waals surface area (Å²) < 4.78 is 5.51. The lowest BCUT2D eigenvalue weighted by atomic mass is 10.0. The molecule has 5 nitrogen and oxygen atoms in total. The Bertz CT molecular complexity index is 821. The Balaban J connectivity index is 2.19. The second-order valence-electron chi connectivity index (χ2n) is 6.53. The van der Waals surface area contributed by atoms with Crippen LogP contribution in [0.1, 0.15) is 36.7 Å². The van der Waals surface area contributed by atoms with Crippen molar-refractivity contribution in [2.45, 2.75) is 33.7 Å². The molecule has 0 saturated heterocycles. The van der Waals surface area contributed by atoms with Crippen LogP contribution in [0.3, 0.4) is 0 Å². The van der Waals surface area contributed by atoms with Crippen LogP contribution in [0.5, 0.6) is 5.75 Å². The summed E-state index contributed by atoms with van der Waals surface area (Å²) in [6.45, 7) is 7.89. The summed E-state index contributed by atoms with van der Waals surface area (Å²) in [6, 6.07) is 11.6. The number of nitrogens with one attached hydrogen (secondary N) is 2. The van der Waals surface area contributed by atoms with E-state index in [2.05, 4.69) is 10.6 Å². The highest BCUT2D eigenvalue weighted by Gasteiger charge is 2.26. The number of halogens is 1. The van der Waals surface area contributed by atoms with Gasteiger partial charge >= 0.3 is 0 Å². The number of para-hydroxylation sites is 1. The summed E-state index contributed by atoms with van der Waals surface area (Å²) in [4.78, 5) is 25.5. The zero-order chi connectivity index (χ0) is 20.0. The van der Waals surface area contributed by atoms with Crippen LogP contribution in [0.2, 0.25) is 5.02 Å². The molecule has 0 aliphatic carbocycles. The Morgan fingerprint density at radius 1 is 1.11 bits per heavy atom. The topological polar surface area (TPSA) is 67.4 Å². The van der Waals surface area contributed by atoms with E-state index in [4.69, 9.17) is 16.3 Å². The van der Waals surface area contributed by atoms with Crippen LogP contribution in [0.25, 0.3) is 0 Å². The molecule has 2 amide bonds. The molecule has 6 heteroatoms. The largest absolute Gasteiger partial charge is 0.493 e. The zero-order valence-electron chi connectivity index (χ0n) is 16.0.